The van der Waals surface area contributed by atoms with E-state index in [1.165, 1.54) is 18.3 Å². The van der Waals surface area contributed by atoms with Crippen LogP contribution in [0.1, 0.15) is 50.2 Å². The number of Topliss-reactive ketones (excluding diaryl/α,β-unsaturated/α-hetero) is 1. The number of benzene rings is 2. The largest absolute Gasteiger partial charge is 0.493 e. The van der Waals surface area contributed by atoms with E-state index in [0.717, 1.165) is 22.0 Å². The van der Waals surface area contributed by atoms with E-state index in [0.29, 0.717) is 34.4 Å². The van der Waals surface area contributed by atoms with Gasteiger partial charge in [-0.15, -0.1) is 11.3 Å². The van der Waals surface area contributed by atoms with Crippen LogP contribution in [0.2, 0.25) is 0 Å². The lowest BCUT2D eigenvalue weighted by molar-refractivity contribution is 0.0955. The summed E-state index contributed by atoms with van der Waals surface area (Å²) < 4.78 is 11.2. The van der Waals surface area contributed by atoms with Crippen molar-refractivity contribution in [3.05, 3.63) is 81.7 Å². The van der Waals surface area contributed by atoms with E-state index < -0.39 is 0 Å². The fourth-order valence-corrected chi connectivity index (χ4v) is 4.71. The number of hydrogen-bond acceptors (Lipinski definition) is 5. The van der Waals surface area contributed by atoms with Gasteiger partial charge in [0.05, 0.1) is 23.5 Å². The number of para-hydroxylation sites is 1. The van der Waals surface area contributed by atoms with Crippen molar-refractivity contribution in [3.8, 4) is 11.5 Å². The standard InChI is InChI=1S/C26H26N2O4S/c1-4-32-22-10-9-17(13-23(22)31-3)19(20-15-27-21-8-6-5-7-18(20)21)14-28-26(30)25-12-11-24(33-25)16(2)29/h5-13,15,19,27H,4,14H2,1-3H3,(H,28,30). The van der Waals surface area contributed by atoms with Crippen molar-refractivity contribution >= 4 is 33.9 Å². The second kappa shape index (κ2) is 9.92. The number of methoxy groups -OCH3 is 1. The number of carbonyl (C=O) groups excluding carboxylic acids is 2. The molecule has 2 aromatic carbocycles. The van der Waals surface area contributed by atoms with Crippen molar-refractivity contribution in [2.75, 3.05) is 20.3 Å². The van der Waals surface area contributed by atoms with Gasteiger partial charge in [0.25, 0.3) is 5.91 Å². The number of thiophene rings is 1. The van der Waals surface area contributed by atoms with Crippen molar-refractivity contribution in [1.29, 1.82) is 0 Å². The first kappa shape index (κ1) is 22.6. The van der Waals surface area contributed by atoms with Gasteiger partial charge in [-0.25, -0.2) is 0 Å². The molecule has 0 saturated carbocycles. The van der Waals surface area contributed by atoms with Crippen molar-refractivity contribution in [1.82, 2.24) is 10.3 Å². The monoisotopic (exact) mass is 462 g/mol. The molecule has 0 aliphatic rings. The Morgan fingerprint density at radius 2 is 1.85 bits per heavy atom. The third-order valence-electron chi connectivity index (χ3n) is 5.53. The van der Waals surface area contributed by atoms with Crippen LogP contribution in [0, 0.1) is 0 Å². The quantitative estimate of drug-likeness (QED) is 0.326. The maximum Gasteiger partial charge on any atom is 0.261 e. The Labute approximate surface area is 196 Å². The minimum Gasteiger partial charge on any atom is -0.493 e. The average molecular weight is 463 g/mol. The maximum atomic E-state index is 12.8. The predicted molar refractivity (Wildman–Crippen MR) is 131 cm³/mol. The van der Waals surface area contributed by atoms with Crippen LogP contribution in [0.3, 0.4) is 0 Å². The second-order valence-corrected chi connectivity index (χ2v) is 8.70. The third kappa shape index (κ3) is 4.78. The van der Waals surface area contributed by atoms with E-state index in [-0.39, 0.29) is 17.6 Å². The summed E-state index contributed by atoms with van der Waals surface area (Å²) in [7, 11) is 1.62. The molecule has 1 atom stereocenters. The highest BCUT2D eigenvalue weighted by atomic mass is 32.1. The number of carbonyl (C=O) groups is 2. The Hall–Kier alpha value is -3.58. The van der Waals surface area contributed by atoms with Crippen molar-refractivity contribution in [3.63, 3.8) is 0 Å². The molecular weight excluding hydrogens is 436 g/mol. The van der Waals surface area contributed by atoms with E-state index in [4.69, 9.17) is 9.47 Å². The van der Waals surface area contributed by atoms with E-state index in [1.807, 2.05) is 49.5 Å². The van der Waals surface area contributed by atoms with E-state index in [9.17, 15) is 9.59 Å². The number of rotatable bonds is 9. The van der Waals surface area contributed by atoms with Crippen LogP contribution in [0.5, 0.6) is 11.5 Å². The fraction of sp³-hybridized carbons (Fsp3) is 0.231. The number of H-pyrrole nitrogens is 1. The number of aromatic amines is 1. The van der Waals surface area contributed by atoms with Gasteiger partial charge in [0.15, 0.2) is 17.3 Å². The molecular formula is C26H26N2O4S. The lowest BCUT2D eigenvalue weighted by Crippen LogP contribution is -2.28. The lowest BCUT2D eigenvalue weighted by atomic mass is 9.90. The van der Waals surface area contributed by atoms with Crippen LogP contribution in [0.25, 0.3) is 10.9 Å². The molecule has 0 aliphatic carbocycles. The highest BCUT2D eigenvalue weighted by molar-refractivity contribution is 7.15. The Morgan fingerprint density at radius 3 is 2.58 bits per heavy atom. The average Bonchev–Trinajstić information content (AvgIpc) is 3.48. The van der Waals surface area contributed by atoms with Gasteiger partial charge in [0.1, 0.15) is 0 Å². The molecule has 33 heavy (non-hydrogen) atoms. The molecule has 4 rings (SSSR count). The summed E-state index contributed by atoms with van der Waals surface area (Å²) in [6.07, 6.45) is 1.99. The van der Waals surface area contributed by atoms with Crippen LogP contribution < -0.4 is 14.8 Å². The number of ketones is 1. The Kier molecular flexibility index (Phi) is 6.79. The van der Waals surface area contributed by atoms with E-state index in [2.05, 4.69) is 16.4 Å². The third-order valence-corrected chi connectivity index (χ3v) is 6.71. The van der Waals surface area contributed by atoms with Gasteiger partial charge in [-0.3, -0.25) is 9.59 Å². The molecule has 0 saturated heterocycles. The zero-order chi connectivity index (χ0) is 23.4. The summed E-state index contributed by atoms with van der Waals surface area (Å²) >= 11 is 1.21. The number of amides is 1. The molecule has 0 radical (unpaired) electrons. The van der Waals surface area contributed by atoms with Gasteiger partial charge in [-0.1, -0.05) is 24.3 Å². The van der Waals surface area contributed by atoms with Crippen molar-refractivity contribution in [2.24, 2.45) is 0 Å². The number of hydrogen-bond donors (Lipinski definition) is 2. The predicted octanol–water partition coefficient (Wildman–Crippen LogP) is 5.40. The summed E-state index contributed by atoms with van der Waals surface area (Å²) in [5.41, 5.74) is 3.11. The molecule has 4 aromatic rings. The molecule has 0 bridgehead atoms. The second-order valence-electron chi connectivity index (χ2n) is 7.62. The molecule has 6 nitrogen and oxygen atoms in total. The van der Waals surface area contributed by atoms with Gasteiger partial charge < -0.3 is 19.8 Å². The molecule has 7 heteroatoms. The van der Waals surface area contributed by atoms with Gasteiger partial charge in [0, 0.05) is 29.6 Å². The Morgan fingerprint density at radius 1 is 1.06 bits per heavy atom. The Bertz CT molecular complexity index is 1290. The number of ether oxygens (including phenoxy) is 2. The summed E-state index contributed by atoms with van der Waals surface area (Å²) in [5.74, 6) is 0.963. The van der Waals surface area contributed by atoms with Crippen LogP contribution in [0.15, 0.2) is 60.8 Å². The summed E-state index contributed by atoms with van der Waals surface area (Å²) in [6, 6.07) is 17.3. The molecule has 2 N–H and O–H groups in total. The van der Waals surface area contributed by atoms with Gasteiger partial charge in [0.2, 0.25) is 0 Å². The SMILES string of the molecule is CCOc1ccc(C(CNC(=O)c2ccc(C(C)=O)s2)c2c[nH]c3ccccc23)cc1OC. The summed E-state index contributed by atoms with van der Waals surface area (Å²) in [6.45, 7) is 4.35. The van der Waals surface area contributed by atoms with Crippen LogP contribution in [-0.4, -0.2) is 36.9 Å². The minimum absolute atomic E-state index is 0.0443. The minimum atomic E-state index is -0.199. The normalized spacial score (nSPS) is 11.8. The first-order valence-corrected chi connectivity index (χ1v) is 11.6. The van der Waals surface area contributed by atoms with Gasteiger partial charge in [-0.05, 0) is 55.3 Å². The van der Waals surface area contributed by atoms with Crippen LogP contribution >= 0.6 is 11.3 Å². The van der Waals surface area contributed by atoms with Gasteiger partial charge >= 0.3 is 0 Å². The zero-order valence-corrected chi connectivity index (χ0v) is 19.6. The first-order chi connectivity index (χ1) is 16.0. The first-order valence-electron chi connectivity index (χ1n) is 10.8. The molecule has 170 valence electrons. The smallest absolute Gasteiger partial charge is 0.261 e. The lowest BCUT2D eigenvalue weighted by Gasteiger charge is -2.20. The molecule has 2 heterocycles. The van der Waals surface area contributed by atoms with E-state index in [1.54, 1.807) is 19.2 Å². The van der Waals surface area contributed by atoms with Gasteiger partial charge in [-0.2, -0.15) is 0 Å². The zero-order valence-electron chi connectivity index (χ0n) is 18.8. The van der Waals surface area contributed by atoms with E-state index >= 15 is 0 Å². The molecule has 2 aromatic heterocycles. The number of nitrogens with one attached hydrogen (secondary N) is 2. The molecule has 0 spiro atoms. The maximum absolute atomic E-state index is 12.8. The number of aromatic nitrogens is 1. The fourth-order valence-electron chi connectivity index (χ4n) is 3.90. The van der Waals surface area contributed by atoms with Crippen LogP contribution in [0.4, 0.5) is 0 Å². The van der Waals surface area contributed by atoms with Crippen LogP contribution in [-0.2, 0) is 0 Å². The number of fused-ring (bicyclic) bond motifs is 1. The molecule has 0 fully saturated rings. The van der Waals surface area contributed by atoms with Crippen molar-refractivity contribution in [2.45, 2.75) is 19.8 Å². The highest BCUT2D eigenvalue weighted by Gasteiger charge is 2.22. The topological polar surface area (TPSA) is 80.4 Å². The molecule has 1 amide bonds. The summed E-state index contributed by atoms with van der Waals surface area (Å²) in [5, 5.41) is 4.15. The summed E-state index contributed by atoms with van der Waals surface area (Å²) in [4.78, 5) is 28.9. The highest BCUT2D eigenvalue weighted by Crippen LogP contribution is 2.36. The Balaban J connectivity index is 1.67. The van der Waals surface area contributed by atoms with Crippen molar-refractivity contribution < 1.29 is 19.1 Å². The molecule has 0 aliphatic heterocycles. The molecule has 1 unspecified atom stereocenters.